The van der Waals surface area contributed by atoms with Crippen LogP contribution in [0.25, 0.3) is 0 Å². The second-order valence-electron chi connectivity index (χ2n) is 5.39. The van der Waals surface area contributed by atoms with Crippen LogP contribution in [0.3, 0.4) is 0 Å². The lowest BCUT2D eigenvalue weighted by Gasteiger charge is -2.25. The predicted octanol–water partition coefficient (Wildman–Crippen LogP) is 2.86. The Morgan fingerprint density at radius 2 is 2.00 bits per heavy atom. The van der Waals surface area contributed by atoms with E-state index in [1.807, 2.05) is 44.2 Å². The first-order valence-corrected chi connectivity index (χ1v) is 7.10. The van der Waals surface area contributed by atoms with Crippen LogP contribution in [0.15, 0.2) is 47.1 Å². The zero-order valence-electron chi connectivity index (χ0n) is 12.5. The smallest absolute Gasteiger partial charge is 0.290 e. The van der Waals surface area contributed by atoms with Crippen molar-refractivity contribution in [2.45, 2.75) is 20.4 Å². The minimum absolute atomic E-state index is 0.0212. The van der Waals surface area contributed by atoms with Crippen LogP contribution in [0.1, 0.15) is 28.6 Å². The highest BCUT2D eigenvalue weighted by Gasteiger charge is 2.22. The molecule has 1 amide bonds. The normalized spacial score (nSPS) is 12.1. The molecule has 0 radical (unpaired) electrons. The number of hydrogen-bond donors (Lipinski definition) is 1. The van der Waals surface area contributed by atoms with Gasteiger partial charge in [0, 0.05) is 25.3 Å². The summed E-state index contributed by atoms with van der Waals surface area (Å²) in [6.45, 7) is 4.82. The molecule has 4 heteroatoms. The first kappa shape index (κ1) is 15.3. The topological polar surface area (TPSA) is 53.7 Å². The molecule has 0 fully saturated rings. The van der Waals surface area contributed by atoms with Crippen LogP contribution in [0.5, 0.6) is 0 Å². The maximum absolute atomic E-state index is 12.6. The molecule has 1 aromatic carbocycles. The monoisotopic (exact) mass is 287 g/mol. The molecule has 112 valence electrons. The van der Waals surface area contributed by atoms with Gasteiger partial charge < -0.3 is 14.4 Å². The number of amides is 1. The Balaban J connectivity index is 2.19. The summed E-state index contributed by atoms with van der Waals surface area (Å²) >= 11 is 0. The standard InChI is InChI=1S/C17H21NO3/c1-13(12-19)10-18(11-15-6-4-3-5-7-15)17(20)16-14(2)8-9-21-16/h3-9,13,19H,10-12H2,1-2H3/t13-/m0/s1. The predicted molar refractivity (Wildman–Crippen MR) is 80.9 cm³/mol. The third-order valence-corrected chi connectivity index (χ3v) is 3.40. The second-order valence-corrected chi connectivity index (χ2v) is 5.39. The van der Waals surface area contributed by atoms with Gasteiger partial charge in [-0.25, -0.2) is 0 Å². The lowest BCUT2D eigenvalue weighted by Crippen LogP contribution is -2.35. The number of carbonyl (C=O) groups is 1. The highest BCUT2D eigenvalue weighted by molar-refractivity contribution is 5.92. The maximum Gasteiger partial charge on any atom is 0.290 e. The molecule has 0 spiro atoms. The summed E-state index contributed by atoms with van der Waals surface area (Å²) < 4.78 is 5.31. The summed E-state index contributed by atoms with van der Waals surface area (Å²) in [7, 11) is 0. The average Bonchev–Trinajstić information content (AvgIpc) is 2.93. The molecule has 1 heterocycles. The van der Waals surface area contributed by atoms with Gasteiger partial charge in [-0.15, -0.1) is 0 Å². The summed E-state index contributed by atoms with van der Waals surface area (Å²) in [5.74, 6) is 0.255. The first-order chi connectivity index (χ1) is 10.1. The number of furan rings is 1. The third-order valence-electron chi connectivity index (χ3n) is 3.40. The van der Waals surface area contributed by atoms with Gasteiger partial charge in [-0.2, -0.15) is 0 Å². The Kier molecular flexibility index (Phi) is 5.17. The quantitative estimate of drug-likeness (QED) is 0.889. The molecular formula is C17H21NO3. The van der Waals surface area contributed by atoms with Gasteiger partial charge in [0.1, 0.15) is 0 Å². The molecule has 0 aliphatic rings. The Morgan fingerprint density at radius 1 is 1.29 bits per heavy atom. The number of aliphatic hydroxyl groups excluding tert-OH is 1. The molecule has 0 bridgehead atoms. The van der Waals surface area contributed by atoms with Gasteiger partial charge in [-0.05, 0) is 24.5 Å². The summed E-state index contributed by atoms with van der Waals surface area (Å²) in [6, 6.07) is 11.6. The van der Waals surface area contributed by atoms with Crippen molar-refractivity contribution in [3.63, 3.8) is 0 Å². The van der Waals surface area contributed by atoms with Gasteiger partial charge in [-0.3, -0.25) is 4.79 Å². The summed E-state index contributed by atoms with van der Waals surface area (Å²) in [5, 5.41) is 9.26. The zero-order valence-corrected chi connectivity index (χ0v) is 12.5. The molecule has 4 nitrogen and oxygen atoms in total. The molecular weight excluding hydrogens is 266 g/mol. The van der Waals surface area contributed by atoms with E-state index >= 15 is 0 Å². The largest absolute Gasteiger partial charge is 0.459 e. The number of benzene rings is 1. The molecule has 0 saturated heterocycles. The van der Waals surface area contributed by atoms with Crippen molar-refractivity contribution in [1.82, 2.24) is 4.90 Å². The van der Waals surface area contributed by atoms with Gasteiger partial charge in [-0.1, -0.05) is 37.3 Å². The zero-order chi connectivity index (χ0) is 15.2. The van der Waals surface area contributed by atoms with E-state index in [9.17, 15) is 9.90 Å². The Bertz CT molecular complexity index is 577. The van der Waals surface area contributed by atoms with E-state index in [-0.39, 0.29) is 18.4 Å². The number of aryl methyl sites for hydroxylation is 1. The Morgan fingerprint density at radius 3 is 2.57 bits per heavy atom. The SMILES string of the molecule is Cc1ccoc1C(=O)N(Cc1ccccc1)C[C@H](C)CO. The van der Waals surface area contributed by atoms with Crippen molar-refractivity contribution in [1.29, 1.82) is 0 Å². The van der Waals surface area contributed by atoms with Crippen LogP contribution in [0.4, 0.5) is 0 Å². The van der Waals surface area contributed by atoms with Gasteiger partial charge in [0.05, 0.1) is 6.26 Å². The van der Waals surface area contributed by atoms with Gasteiger partial charge in [0.2, 0.25) is 0 Å². The van der Waals surface area contributed by atoms with E-state index in [0.29, 0.717) is 18.8 Å². The van der Waals surface area contributed by atoms with E-state index in [1.165, 1.54) is 6.26 Å². The van der Waals surface area contributed by atoms with Gasteiger partial charge >= 0.3 is 0 Å². The third kappa shape index (κ3) is 3.95. The van der Waals surface area contributed by atoms with Crippen molar-refractivity contribution in [3.05, 3.63) is 59.5 Å². The minimum atomic E-state index is -0.137. The molecule has 0 saturated carbocycles. The number of carbonyl (C=O) groups excluding carboxylic acids is 1. The average molecular weight is 287 g/mol. The van der Waals surface area contributed by atoms with Gasteiger partial charge in [0.15, 0.2) is 5.76 Å². The molecule has 0 aliphatic carbocycles. The molecule has 1 aromatic heterocycles. The number of nitrogens with zero attached hydrogens (tertiary/aromatic N) is 1. The minimum Gasteiger partial charge on any atom is -0.459 e. The Labute approximate surface area is 125 Å². The molecule has 1 atom stereocenters. The van der Waals surface area contributed by atoms with Crippen LogP contribution < -0.4 is 0 Å². The van der Waals surface area contributed by atoms with Crippen LogP contribution in [0, 0.1) is 12.8 Å². The van der Waals surface area contributed by atoms with E-state index in [4.69, 9.17) is 4.42 Å². The first-order valence-electron chi connectivity index (χ1n) is 7.10. The number of hydrogen-bond acceptors (Lipinski definition) is 3. The lowest BCUT2D eigenvalue weighted by atomic mass is 10.1. The van der Waals surface area contributed by atoms with E-state index in [1.54, 1.807) is 11.0 Å². The summed E-state index contributed by atoms with van der Waals surface area (Å²) in [6.07, 6.45) is 1.53. The van der Waals surface area contributed by atoms with Crippen LogP contribution in [0.2, 0.25) is 0 Å². The van der Waals surface area contributed by atoms with E-state index < -0.39 is 0 Å². The highest BCUT2D eigenvalue weighted by atomic mass is 16.3. The van der Waals surface area contributed by atoms with Gasteiger partial charge in [0.25, 0.3) is 5.91 Å². The lowest BCUT2D eigenvalue weighted by molar-refractivity contribution is 0.0661. The summed E-state index contributed by atoms with van der Waals surface area (Å²) in [4.78, 5) is 14.4. The van der Waals surface area contributed by atoms with Crippen molar-refractivity contribution < 1.29 is 14.3 Å². The van der Waals surface area contributed by atoms with E-state index in [2.05, 4.69) is 0 Å². The molecule has 0 aliphatic heterocycles. The van der Waals surface area contributed by atoms with Crippen LogP contribution in [-0.2, 0) is 6.54 Å². The number of rotatable bonds is 6. The molecule has 2 rings (SSSR count). The molecule has 0 unspecified atom stereocenters. The summed E-state index contributed by atoms with van der Waals surface area (Å²) in [5.41, 5.74) is 1.88. The molecule has 1 N–H and O–H groups in total. The number of aliphatic hydroxyl groups is 1. The fraction of sp³-hybridized carbons (Fsp3) is 0.353. The molecule has 2 aromatic rings. The highest BCUT2D eigenvalue weighted by Crippen LogP contribution is 2.16. The molecule has 21 heavy (non-hydrogen) atoms. The van der Waals surface area contributed by atoms with Crippen molar-refractivity contribution in [2.24, 2.45) is 5.92 Å². The van der Waals surface area contributed by atoms with E-state index in [0.717, 1.165) is 11.1 Å². The Hall–Kier alpha value is -2.07. The maximum atomic E-state index is 12.6. The van der Waals surface area contributed by atoms with Crippen molar-refractivity contribution in [2.75, 3.05) is 13.2 Å². The van der Waals surface area contributed by atoms with Crippen LogP contribution >= 0.6 is 0 Å². The second kappa shape index (κ2) is 7.09. The van der Waals surface area contributed by atoms with Crippen molar-refractivity contribution >= 4 is 5.91 Å². The fourth-order valence-electron chi connectivity index (χ4n) is 2.19. The fourth-order valence-corrected chi connectivity index (χ4v) is 2.19. The van der Waals surface area contributed by atoms with Crippen molar-refractivity contribution in [3.8, 4) is 0 Å². The van der Waals surface area contributed by atoms with Crippen LogP contribution in [-0.4, -0.2) is 29.1 Å².